The van der Waals surface area contributed by atoms with Crippen LogP contribution >= 0.6 is 0 Å². The molecule has 0 heterocycles. The van der Waals surface area contributed by atoms with E-state index in [1.54, 1.807) is 0 Å². The molecule has 4 nitrogen and oxygen atoms in total. The summed E-state index contributed by atoms with van der Waals surface area (Å²) in [5.41, 5.74) is -1.43. The zero-order valence-electron chi connectivity index (χ0n) is 7.75. The third-order valence-electron chi connectivity index (χ3n) is 1.85. The molecule has 16 heavy (non-hydrogen) atoms. The molecule has 2 N–H and O–H groups in total. The smallest absolute Gasteiger partial charge is 0.420 e. The topological polar surface area (TPSA) is 69.9 Å². The molecule has 1 aromatic carbocycles. The fourth-order valence-corrected chi connectivity index (χ4v) is 1.10. The molecule has 0 saturated heterocycles. The minimum Gasteiger partial charge on any atom is -0.504 e. The molecular formula is C9H6F3NO3. The first-order chi connectivity index (χ1) is 7.38. The maximum Gasteiger partial charge on any atom is 0.420 e. The highest BCUT2D eigenvalue weighted by Crippen LogP contribution is 2.42. The highest BCUT2D eigenvalue weighted by molar-refractivity contribution is 5.51. The van der Waals surface area contributed by atoms with Gasteiger partial charge in [-0.3, -0.25) is 0 Å². The average molecular weight is 233 g/mol. The van der Waals surface area contributed by atoms with E-state index < -0.39 is 23.2 Å². The van der Waals surface area contributed by atoms with E-state index in [0.717, 1.165) is 6.07 Å². The maximum absolute atomic E-state index is 12.3. The predicted molar refractivity (Wildman–Crippen MR) is 46.6 cm³/mol. The van der Waals surface area contributed by atoms with Crippen LogP contribution in [0.1, 0.15) is 11.1 Å². The van der Waals surface area contributed by atoms with E-state index in [2.05, 4.69) is 4.99 Å². The summed E-state index contributed by atoms with van der Waals surface area (Å²) in [6.45, 7) is -0.346. The molecule has 86 valence electrons. The molecule has 0 radical (unpaired) electrons. The van der Waals surface area contributed by atoms with E-state index in [1.807, 2.05) is 0 Å². The standard InChI is InChI=1S/C9H6F3NO3/c10-9(11,12)6-2-1-5(3-13-4-14)7(15)8(6)16/h1-2,15-16H,3H2. The minimum absolute atomic E-state index is 0.0890. The van der Waals surface area contributed by atoms with Crippen molar-refractivity contribution in [3.05, 3.63) is 23.3 Å². The Bertz CT molecular complexity index is 450. The molecule has 0 unspecified atom stereocenters. The molecule has 0 atom stereocenters. The van der Waals surface area contributed by atoms with Gasteiger partial charge in [-0.25, -0.2) is 9.79 Å². The summed E-state index contributed by atoms with van der Waals surface area (Å²) in [5, 5.41) is 18.3. The summed E-state index contributed by atoms with van der Waals surface area (Å²) in [5.74, 6) is -2.21. The molecule has 0 bridgehead atoms. The summed E-state index contributed by atoms with van der Waals surface area (Å²) in [7, 11) is 0. The van der Waals surface area contributed by atoms with E-state index in [0.29, 0.717) is 6.07 Å². The molecule has 0 fully saturated rings. The van der Waals surface area contributed by atoms with Crippen LogP contribution in [0.2, 0.25) is 0 Å². The first kappa shape index (κ1) is 12.1. The molecule has 0 aliphatic heterocycles. The number of rotatable bonds is 2. The van der Waals surface area contributed by atoms with Gasteiger partial charge in [0.25, 0.3) is 0 Å². The molecule has 7 heteroatoms. The summed E-state index contributed by atoms with van der Waals surface area (Å²) in [6, 6.07) is 1.53. The van der Waals surface area contributed by atoms with Gasteiger partial charge in [0, 0.05) is 5.56 Å². The van der Waals surface area contributed by atoms with E-state index >= 15 is 0 Å². The van der Waals surface area contributed by atoms with E-state index in [-0.39, 0.29) is 12.1 Å². The van der Waals surface area contributed by atoms with Gasteiger partial charge in [-0.05, 0) is 6.07 Å². The van der Waals surface area contributed by atoms with E-state index in [4.69, 9.17) is 5.11 Å². The van der Waals surface area contributed by atoms with Crippen LogP contribution in [-0.4, -0.2) is 16.3 Å². The second-order valence-electron chi connectivity index (χ2n) is 2.87. The Morgan fingerprint density at radius 2 is 1.88 bits per heavy atom. The van der Waals surface area contributed by atoms with Crippen molar-refractivity contribution < 1.29 is 28.2 Å². The van der Waals surface area contributed by atoms with Gasteiger partial charge in [-0.15, -0.1) is 0 Å². The Kier molecular flexibility index (Phi) is 3.20. The lowest BCUT2D eigenvalue weighted by Crippen LogP contribution is -2.05. The summed E-state index contributed by atoms with van der Waals surface area (Å²) >= 11 is 0. The number of aromatic hydroxyl groups is 2. The second-order valence-corrected chi connectivity index (χ2v) is 2.87. The highest BCUT2D eigenvalue weighted by Gasteiger charge is 2.35. The Morgan fingerprint density at radius 3 is 2.38 bits per heavy atom. The molecule has 0 aliphatic rings. The van der Waals surface area contributed by atoms with Crippen LogP contribution in [-0.2, 0) is 17.5 Å². The molecule has 1 rings (SSSR count). The van der Waals surface area contributed by atoms with Gasteiger partial charge >= 0.3 is 6.18 Å². The SMILES string of the molecule is O=C=NCc1ccc(C(F)(F)F)c(O)c1O. The van der Waals surface area contributed by atoms with Gasteiger partial charge < -0.3 is 10.2 Å². The fourth-order valence-electron chi connectivity index (χ4n) is 1.10. The van der Waals surface area contributed by atoms with E-state index in [9.17, 15) is 23.1 Å². The van der Waals surface area contributed by atoms with Crippen molar-refractivity contribution in [2.45, 2.75) is 12.7 Å². The monoisotopic (exact) mass is 233 g/mol. The van der Waals surface area contributed by atoms with Crippen LogP contribution in [0, 0.1) is 0 Å². The number of nitrogens with zero attached hydrogens (tertiary/aromatic N) is 1. The number of carbonyl (C=O) groups excluding carboxylic acids is 1. The molecule has 0 aliphatic carbocycles. The Labute approximate surface area is 87.7 Å². The van der Waals surface area contributed by atoms with Crippen molar-refractivity contribution in [2.24, 2.45) is 4.99 Å². The molecule has 1 aromatic rings. The number of hydrogen-bond donors (Lipinski definition) is 2. The fraction of sp³-hybridized carbons (Fsp3) is 0.222. The van der Waals surface area contributed by atoms with Crippen molar-refractivity contribution in [3.8, 4) is 11.5 Å². The number of hydrogen-bond acceptors (Lipinski definition) is 4. The van der Waals surface area contributed by atoms with Gasteiger partial charge in [0.15, 0.2) is 11.5 Å². The highest BCUT2D eigenvalue weighted by atomic mass is 19.4. The number of benzene rings is 1. The molecule has 0 spiro atoms. The number of aliphatic imine (C=N–C) groups is 1. The van der Waals surface area contributed by atoms with Gasteiger partial charge in [-0.1, -0.05) is 6.07 Å². The van der Waals surface area contributed by atoms with Crippen LogP contribution in [0.3, 0.4) is 0 Å². The van der Waals surface area contributed by atoms with Crippen LogP contribution < -0.4 is 0 Å². The lowest BCUT2D eigenvalue weighted by molar-refractivity contribution is -0.138. The minimum atomic E-state index is -4.76. The molecule has 0 aromatic heterocycles. The lowest BCUT2D eigenvalue weighted by Gasteiger charge is -2.11. The Hall–Kier alpha value is -2.01. The van der Waals surface area contributed by atoms with Gasteiger partial charge in [0.2, 0.25) is 6.08 Å². The number of phenolic OH excluding ortho intramolecular Hbond substituents is 2. The van der Waals surface area contributed by atoms with Crippen LogP contribution in [0.5, 0.6) is 11.5 Å². The predicted octanol–water partition coefficient (Wildman–Crippen LogP) is 1.95. The van der Waals surface area contributed by atoms with Crippen LogP contribution in [0.4, 0.5) is 13.2 Å². The number of halogens is 3. The van der Waals surface area contributed by atoms with Crippen molar-refractivity contribution in [3.63, 3.8) is 0 Å². The normalized spacial score (nSPS) is 10.9. The number of phenols is 2. The van der Waals surface area contributed by atoms with Crippen molar-refractivity contribution >= 4 is 6.08 Å². The number of alkyl halides is 3. The third kappa shape index (κ3) is 2.32. The molecule has 0 saturated carbocycles. The van der Waals surface area contributed by atoms with E-state index in [1.165, 1.54) is 6.08 Å². The van der Waals surface area contributed by atoms with Crippen LogP contribution in [0.15, 0.2) is 17.1 Å². The maximum atomic E-state index is 12.3. The summed E-state index contributed by atoms with van der Waals surface area (Å²) < 4.78 is 36.8. The third-order valence-corrected chi connectivity index (χ3v) is 1.85. The molecule has 0 amide bonds. The average Bonchev–Trinajstić information content (AvgIpc) is 2.18. The first-order valence-electron chi connectivity index (χ1n) is 4.02. The molecular weight excluding hydrogens is 227 g/mol. The van der Waals surface area contributed by atoms with Gasteiger partial charge in [-0.2, -0.15) is 13.2 Å². The van der Waals surface area contributed by atoms with Crippen molar-refractivity contribution in [2.75, 3.05) is 0 Å². The van der Waals surface area contributed by atoms with Gasteiger partial charge in [0.1, 0.15) is 5.56 Å². The van der Waals surface area contributed by atoms with Crippen LogP contribution in [0.25, 0.3) is 0 Å². The Morgan fingerprint density at radius 1 is 1.25 bits per heavy atom. The zero-order chi connectivity index (χ0) is 12.3. The van der Waals surface area contributed by atoms with Gasteiger partial charge in [0.05, 0.1) is 6.54 Å². The lowest BCUT2D eigenvalue weighted by atomic mass is 10.1. The quantitative estimate of drug-likeness (QED) is 0.466. The van der Waals surface area contributed by atoms with Crippen molar-refractivity contribution in [1.82, 2.24) is 0 Å². The summed E-state index contributed by atoms with van der Waals surface area (Å²) in [6.07, 6.45) is -3.59. The summed E-state index contributed by atoms with van der Waals surface area (Å²) in [4.78, 5) is 12.9. The zero-order valence-corrected chi connectivity index (χ0v) is 7.75. The second kappa shape index (κ2) is 4.24. The van der Waals surface area contributed by atoms with Crippen molar-refractivity contribution in [1.29, 1.82) is 0 Å². The largest absolute Gasteiger partial charge is 0.504 e. The number of isocyanates is 1. The first-order valence-corrected chi connectivity index (χ1v) is 4.02. The Balaban J connectivity index is 3.23.